The number of carbonyl (C=O) groups is 1. The van der Waals surface area contributed by atoms with Crippen molar-refractivity contribution < 1.29 is 9.53 Å². The predicted octanol–water partition coefficient (Wildman–Crippen LogP) is 3.83. The van der Waals surface area contributed by atoms with Gasteiger partial charge >= 0.3 is 5.97 Å². The fourth-order valence-electron chi connectivity index (χ4n) is 2.02. The van der Waals surface area contributed by atoms with Gasteiger partial charge in [0, 0.05) is 24.0 Å². The van der Waals surface area contributed by atoms with E-state index in [9.17, 15) is 4.79 Å². The smallest absolute Gasteiger partial charge is 0.305 e. The number of rotatable bonds is 6. The van der Waals surface area contributed by atoms with Crippen LogP contribution in [0.15, 0.2) is 54.7 Å². The van der Waals surface area contributed by atoms with Crippen molar-refractivity contribution in [3.8, 4) is 5.69 Å². The van der Waals surface area contributed by atoms with Crippen molar-refractivity contribution in [3.05, 3.63) is 60.4 Å². The molecule has 0 amide bonds. The van der Waals surface area contributed by atoms with Crippen LogP contribution in [0.4, 0.5) is 0 Å². The maximum atomic E-state index is 11.0. The highest BCUT2D eigenvalue weighted by atomic mass is 16.5. The number of unbranched alkanes of at least 4 members (excludes halogenated alkanes) is 1. The Morgan fingerprint density at radius 1 is 1.20 bits per heavy atom. The molecular weight excluding hydrogens is 250 g/mol. The quantitative estimate of drug-likeness (QED) is 0.589. The van der Waals surface area contributed by atoms with Gasteiger partial charge in [-0.1, -0.05) is 24.3 Å². The molecular formula is C17H19NO2. The van der Waals surface area contributed by atoms with Gasteiger partial charge < -0.3 is 9.30 Å². The normalized spacial score (nSPS) is 10.8. The lowest BCUT2D eigenvalue weighted by Gasteiger charge is -2.05. The van der Waals surface area contributed by atoms with Crippen LogP contribution in [-0.2, 0) is 9.53 Å². The van der Waals surface area contributed by atoms with E-state index >= 15 is 0 Å². The third-order valence-corrected chi connectivity index (χ3v) is 3.08. The minimum Gasteiger partial charge on any atom is -0.469 e. The van der Waals surface area contributed by atoms with Crippen molar-refractivity contribution in [2.45, 2.75) is 19.3 Å². The molecule has 2 rings (SSSR count). The van der Waals surface area contributed by atoms with E-state index in [0.717, 1.165) is 24.2 Å². The fourth-order valence-corrected chi connectivity index (χ4v) is 2.02. The van der Waals surface area contributed by atoms with Crippen LogP contribution in [0, 0.1) is 0 Å². The molecule has 3 heteroatoms. The molecule has 0 saturated heterocycles. The van der Waals surface area contributed by atoms with Gasteiger partial charge in [0.05, 0.1) is 7.11 Å². The Hall–Kier alpha value is -2.29. The van der Waals surface area contributed by atoms with Gasteiger partial charge in [-0.15, -0.1) is 0 Å². The van der Waals surface area contributed by atoms with Gasteiger partial charge in [0.25, 0.3) is 0 Å². The van der Waals surface area contributed by atoms with E-state index in [1.54, 1.807) is 0 Å². The maximum Gasteiger partial charge on any atom is 0.305 e. The molecule has 0 radical (unpaired) electrons. The molecule has 1 aromatic carbocycles. The van der Waals surface area contributed by atoms with Crippen LogP contribution < -0.4 is 0 Å². The van der Waals surface area contributed by atoms with E-state index in [4.69, 9.17) is 0 Å². The second kappa shape index (κ2) is 7.34. The molecule has 0 aliphatic rings. The van der Waals surface area contributed by atoms with Crippen molar-refractivity contribution in [1.82, 2.24) is 4.57 Å². The van der Waals surface area contributed by atoms with Gasteiger partial charge in [0.2, 0.25) is 0 Å². The zero-order valence-electron chi connectivity index (χ0n) is 11.7. The van der Waals surface area contributed by atoms with E-state index in [1.807, 2.05) is 30.5 Å². The van der Waals surface area contributed by atoms with Crippen LogP contribution in [0.3, 0.4) is 0 Å². The number of methoxy groups -OCH3 is 1. The number of aromatic nitrogens is 1. The van der Waals surface area contributed by atoms with E-state index in [1.165, 1.54) is 7.11 Å². The molecule has 3 nitrogen and oxygen atoms in total. The number of allylic oxidation sites excluding steroid dienone is 1. The number of ether oxygens (including phenoxy) is 1. The highest BCUT2D eigenvalue weighted by Crippen LogP contribution is 2.14. The SMILES string of the molecule is COC(=O)CCC/C=C/c1cccn1-c1ccccc1. The summed E-state index contributed by atoms with van der Waals surface area (Å²) in [5.74, 6) is -0.147. The highest BCUT2D eigenvalue weighted by Gasteiger charge is 2.00. The predicted molar refractivity (Wildman–Crippen MR) is 80.7 cm³/mol. The number of benzene rings is 1. The maximum absolute atomic E-state index is 11.0. The molecule has 1 aromatic heterocycles. The summed E-state index contributed by atoms with van der Waals surface area (Å²) >= 11 is 0. The van der Waals surface area contributed by atoms with Crippen LogP contribution in [0.5, 0.6) is 0 Å². The largest absolute Gasteiger partial charge is 0.469 e. The second-order valence-electron chi connectivity index (χ2n) is 4.51. The average Bonchev–Trinajstić information content (AvgIpc) is 2.96. The molecule has 104 valence electrons. The summed E-state index contributed by atoms with van der Waals surface area (Å²) in [6.07, 6.45) is 8.39. The minimum atomic E-state index is -0.147. The monoisotopic (exact) mass is 269 g/mol. The summed E-state index contributed by atoms with van der Waals surface area (Å²) in [7, 11) is 1.42. The summed E-state index contributed by atoms with van der Waals surface area (Å²) in [6, 6.07) is 14.3. The van der Waals surface area contributed by atoms with Gasteiger partial charge in [-0.25, -0.2) is 0 Å². The zero-order chi connectivity index (χ0) is 14.2. The number of nitrogens with zero attached hydrogens (tertiary/aromatic N) is 1. The van der Waals surface area contributed by atoms with Crippen molar-refractivity contribution in [1.29, 1.82) is 0 Å². The third kappa shape index (κ3) is 3.85. The van der Waals surface area contributed by atoms with Gasteiger partial charge in [-0.3, -0.25) is 4.79 Å². The standard InChI is InChI=1S/C17H19NO2/c1-20-17(19)13-7-3-6-11-16-12-8-14-18(16)15-9-4-2-5-10-15/h2,4-6,8-12,14H,3,7,13H2,1H3/b11-6+. The molecule has 20 heavy (non-hydrogen) atoms. The lowest BCUT2D eigenvalue weighted by atomic mass is 10.2. The first-order valence-corrected chi connectivity index (χ1v) is 6.77. The first kappa shape index (κ1) is 14.1. The number of hydrogen-bond donors (Lipinski definition) is 0. The molecule has 0 unspecified atom stereocenters. The Morgan fingerprint density at radius 3 is 2.75 bits per heavy atom. The molecule has 0 aliphatic carbocycles. The average molecular weight is 269 g/mol. The summed E-state index contributed by atoms with van der Waals surface area (Å²) in [4.78, 5) is 11.0. The summed E-state index contributed by atoms with van der Waals surface area (Å²) < 4.78 is 6.75. The Labute approximate surface area is 119 Å². The van der Waals surface area contributed by atoms with E-state index in [2.05, 4.69) is 39.7 Å². The molecule has 0 atom stereocenters. The Bertz CT molecular complexity index is 570. The van der Waals surface area contributed by atoms with Crippen molar-refractivity contribution in [3.63, 3.8) is 0 Å². The number of esters is 1. The molecule has 0 bridgehead atoms. The molecule has 1 heterocycles. The summed E-state index contributed by atoms with van der Waals surface area (Å²) in [5, 5.41) is 0. The summed E-state index contributed by atoms with van der Waals surface area (Å²) in [6.45, 7) is 0. The Morgan fingerprint density at radius 2 is 2.00 bits per heavy atom. The summed E-state index contributed by atoms with van der Waals surface area (Å²) in [5.41, 5.74) is 2.28. The molecule has 0 spiro atoms. The number of carbonyl (C=O) groups excluding carboxylic acids is 1. The molecule has 0 saturated carbocycles. The van der Waals surface area contributed by atoms with E-state index < -0.39 is 0 Å². The number of hydrogen-bond acceptors (Lipinski definition) is 2. The Balaban J connectivity index is 1.94. The van der Waals surface area contributed by atoms with Gasteiger partial charge in [0.15, 0.2) is 0 Å². The minimum absolute atomic E-state index is 0.147. The highest BCUT2D eigenvalue weighted by molar-refractivity contribution is 5.69. The van der Waals surface area contributed by atoms with Crippen LogP contribution in [0.1, 0.15) is 25.0 Å². The fraction of sp³-hybridized carbons (Fsp3) is 0.235. The number of para-hydroxylation sites is 1. The van der Waals surface area contributed by atoms with Crippen LogP contribution in [-0.4, -0.2) is 17.6 Å². The van der Waals surface area contributed by atoms with Crippen LogP contribution in [0.2, 0.25) is 0 Å². The van der Waals surface area contributed by atoms with Crippen LogP contribution in [0.25, 0.3) is 11.8 Å². The lowest BCUT2D eigenvalue weighted by Crippen LogP contribution is -1.98. The van der Waals surface area contributed by atoms with Crippen molar-refractivity contribution in [2.24, 2.45) is 0 Å². The molecule has 2 aromatic rings. The van der Waals surface area contributed by atoms with Crippen LogP contribution >= 0.6 is 0 Å². The third-order valence-electron chi connectivity index (χ3n) is 3.08. The zero-order valence-corrected chi connectivity index (χ0v) is 11.7. The van der Waals surface area contributed by atoms with Crippen molar-refractivity contribution in [2.75, 3.05) is 7.11 Å². The topological polar surface area (TPSA) is 31.2 Å². The van der Waals surface area contributed by atoms with E-state index in [-0.39, 0.29) is 5.97 Å². The van der Waals surface area contributed by atoms with E-state index in [0.29, 0.717) is 6.42 Å². The van der Waals surface area contributed by atoms with Gasteiger partial charge in [0.1, 0.15) is 0 Å². The van der Waals surface area contributed by atoms with Gasteiger partial charge in [-0.05, 0) is 43.2 Å². The van der Waals surface area contributed by atoms with Crippen molar-refractivity contribution >= 4 is 12.0 Å². The first-order chi connectivity index (χ1) is 9.81. The first-order valence-electron chi connectivity index (χ1n) is 6.77. The molecule has 0 N–H and O–H groups in total. The Kier molecular flexibility index (Phi) is 5.18. The second-order valence-corrected chi connectivity index (χ2v) is 4.51. The van der Waals surface area contributed by atoms with Gasteiger partial charge in [-0.2, -0.15) is 0 Å². The lowest BCUT2D eigenvalue weighted by molar-refractivity contribution is -0.140. The molecule has 0 aliphatic heterocycles. The molecule has 0 fully saturated rings.